The molecule has 0 spiro atoms. The summed E-state index contributed by atoms with van der Waals surface area (Å²) in [7, 11) is 1.63. The molecule has 0 unspecified atom stereocenters. The van der Waals surface area contributed by atoms with Gasteiger partial charge in [-0.15, -0.1) is 0 Å². The summed E-state index contributed by atoms with van der Waals surface area (Å²) in [5.41, 5.74) is 1.57. The third-order valence-corrected chi connectivity index (χ3v) is 4.51. The van der Waals surface area contributed by atoms with E-state index in [1.54, 1.807) is 38.2 Å². The summed E-state index contributed by atoms with van der Waals surface area (Å²) < 4.78 is 29.1. The van der Waals surface area contributed by atoms with E-state index in [9.17, 15) is 13.9 Å². The maximum absolute atomic E-state index is 13.3. The van der Waals surface area contributed by atoms with Crippen molar-refractivity contribution in [2.24, 2.45) is 7.05 Å². The first-order valence-corrected chi connectivity index (χ1v) is 9.08. The van der Waals surface area contributed by atoms with Crippen molar-refractivity contribution in [3.63, 3.8) is 0 Å². The van der Waals surface area contributed by atoms with Crippen LogP contribution in [0, 0.1) is 18.3 Å². The number of nitrogens with one attached hydrogen (secondary N) is 1. The first-order chi connectivity index (χ1) is 14.9. The van der Waals surface area contributed by atoms with E-state index in [-0.39, 0.29) is 28.9 Å². The molecule has 0 fully saturated rings. The second-order valence-electron chi connectivity index (χ2n) is 6.67. The summed E-state index contributed by atoms with van der Waals surface area (Å²) in [6.45, 7) is 1.61. The summed E-state index contributed by atoms with van der Waals surface area (Å²) >= 11 is 0. The van der Waals surface area contributed by atoms with Crippen molar-refractivity contribution in [2.45, 2.75) is 13.3 Å². The molecule has 156 valence electrons. The van der Waals surface area contributed by atoms with Gasteiger partial charge in [-0.1, -0.05) is 12.1 Å². The normalized spacial score (nSPS) is 11.0. The van der Waals surface area contributed by atoms with E-state index in [1.165, 1.54) is 23.1 Å². The molecule has 0 atom stereocenters. The average Bonchev–Trinajstić information content (AvgIpc) is 3.29. The second-order valence-corrected chi connectivity index (χ2v) is 6.67. The van der Waals surface area contributed by atoms with Crippen LogP contribution >= 0.6 is 0 Å². The van der Waals surface area contributed by atoms with Gasteiger partial charge >= 0.3 is 0 Å². The van der Waals surface area contributed by atoms with E-state index >= 15 is 0 Å². The molecule has 0 aliphatic carbocycles. The zero-order valence-electron chi connectivity index (χ0n) is 16.5. The van der Waals surface area contributed by atoms with Crippen LogP contribution in [0.5, 0.6) is 5.75 Å². The quantitative estimate of drug-likeness (QED) is 0.504. The molecule has 31 heavy (non-hydrogen) atoms. The van der Waals surface area contributed by atoms with E-state index < -0.39 is 6.43 Å². The molecule has 4 rings (SSSR count). The van der Waals surface area contributed by atoms with Gasteiger partial charge in [0.05, 0.1) is 17.3 Å². The van der Waals surface area contributed by atoms with Crippen LogP contribution in [0.4, 0.5) is 20.4 Å². The van der Waals surface area contributed by atoms with Crippen LogP contribution in [0.3, 0.4) is 0 Å². The van der Waals surface area contributed by atoms with E-state index in [0.29, 0.717) is 22.5 Å². The molecule has 0 saturated carbocycles. The first-order valence-electron chi connectivity index (χ1n) is 9.08. The molecule has 1 aromatic carbocycles. The molecule has 0 aliphatic rings. The Kier molecular flexibility index (Phi) is 5.04. The number of nitrogens with zero attached hydrogens (tertiary/aromatic N) is 7. The number of benzene rings is 1. The first kappa shape index (κ1) is 20.0. The average molecular weight is 422 g/mol. The van der Waals surface area contributed by atoms with Gasteiger partial charge in [-0.3, -0.25) is 0 Å². The van der Waals surface area contributed by atoms with E-state index in [1.807, 2.05) is 6.07 Å². The van der Waals surface area contributed by atoms with Crippen LogP contribution in [-0.4, -0.2) is 34.6 Å². The second kappa shape index (κ2) is 7.83. The number of rotatable bonds is 5. The summed E-state index contributed by atoms with van der Waals surface area (Å²) in [6, 6.07) is 11.4. The van der Waals surface area contributed by atoms with Gasteiger partial charge in [0.25, 0.3) is 6.43 Å². The number of hydrogen-bond acceptors (Lipinski definition) is 7. The lowest BCUT2D eigenvalue weighted by Gasteiger charge is -2.09. The third-order valence-electron chi connectivity index (χ3n) is 4.51. The monoisotopic (exact) mass is 422 g/mol. The molecular weight excluding hydrogens is 406 g/mol. The molecule has 3 heterocycles. The van der Waals surface area contributed by atoms with Crippen molar-refractivity contribution in [3.8, 4) is 28.9 Å². The van der Waals surface area contributed by atoms with Gasteiger partial charge in [-0.05, 0) is 25.1 Å². The minimum absolute atomic E-state index is 0.129. The Bertz CT molecular complexity index is 1290. The number of anilines is 2. The van der Waals surface area contributed by atoms with Crippen molar-refractivity contribution < 1.29 is 13.9 Å². The van der Waals surface area contributed by atoms with Gasteiger partial charge in [0.1, 0.15) is 23.5 Å². The topological polar surface area (TPSA) is 117 Å². The third kappa shape index (κ3) is 3.78. The number of alkyl halides is 2. The summed E-state index contributed by atoms with van der Waals surface area (Å²) in [4.78, 5) is 8.12. The zero-order valence-corrected chi connectivity index (χ0v) is 16.5. The molecule has 0 amide bonds. The van der Waals surface area contributed by atoms with Gasteiger partial charge in [0, 0.05) is 18.7 Å². The van der Waals surface area contributed by atoms with E-state index in [0.717, 1.165) is 4.68 Å². The highest BCUT2D eigenvalue weighted by molar-refractivity contribution is 5.75. The predicted octanol–water partition coefficient (Wildman–Crippen LogP) is 3.63. The number of hydrogen-bond donors (Lipinski definition) is 2. The van der Waals surface area contributed by atoms with E-state index in [4.69, 9.17) is 5.26 Å². The van der Waals surface area contributed by atoms with Gasteiger partial charge in [0.2, 0.25) is 0 Å². The minimum atomic E-state index is -2.72. The molecule has 2 N–H and O–H groups in total. The summed E-state index contributed by atoms with van der Waals surface area (Å²) in [5.74, 6) is 0.517. The molecule has 9 nitrogen and oxygen atoms in total. The molecule has 0 bridgehead atoms. The van der Waals surface area contributed by atoms with Crippen molar-refractivity contribution >= 4 is 11.6 Å². The predicted molar refractivity (Wildman–Crippen MR) is 107 cm³/mol. The largest absolute Gasteiger partial charge is 0.503 e. The highest BCUT2D eigenvalue weighted by Crippen LogP contribution is 2.36. The van der Waals surface area contributed by atoms with Crippen LogP contribution in [-0.2, 0) is 7.05 Å². The Balaban J connectivity index is 1.67. The number of halogens is 2. The molecular formula is C20H16F2N8O. The van der Waals surface area contributed by atoms with Crippen molar-refractivity contribution in [2.75, 3.05) is 5.32 Å². The lowest BCUT2D eigenvalue weighted by molar-refractivity contribution is 0.142. The SMILES string of the molecule is Cc1cc(C(F)F)n(-c2cc(Nc3c(O)c(-c4ccc(C#N)cc4)nn3C)ncn2)n1. The van der Waals surface area contributed by atoms with Crippen LogP contribution < -0.4 is 5.32 Å². The van der Waals surface area contributed by atoms with Gasteiger partial charge < -0.3 is 10.4 Å². The van der Waals surface area contributed by atoms with Gasteiger partial charge in [0.15, 0.2) is 17.4 Å². The van der Waals surface area contributed by atoms with Gasteiger partial charge in [-0.25, -0.2) is 28.1 Å². The Labute approximate surface area is 175 Å². The maximum Gasteiger partial charge on any atom is 0.280 e. The number of aromatic nitrogens is 6. The molecule has 0 aliphatic heterocycles. The van der Waals surface area contributed by atoms with Crippen LogP contribution in [0.15, 0.2) is 42.7 Å². The van der Waals surface area contributed by atoms with Crippen molar-refractivity contribution in [3.05, 3.63) is 59.7 Å². The molecule has 0 saturated heterocycles. The maximum atomic E-state index is 13.3. The van der Waals surface area contributed by atoms with Crippen LogP contribution in [0.25, 0.3) is 17.1 Å². The number of nitriles is 1. The Hall–Kier alpha value is -4.33. The summed E-state index contributed by atoms with van der Waals surface area (Å²) in [6.07, 6.45) is -1.51. The smallest absolute Gasteiger partial charge is 0.280 e. The molecule has 3 aromatic heterocycles. The van der Waals surface area contributed by atoms with Crippen LogP contribution in [0.2, 0.25) is 0 Å². The van der Waals surface area contributed by atoms with E-state index in [2.05, 4.69) is 25.5 Å². The fourth-order valence-electron chi connectivity index (χ4n) is 3.06. The lowest BCUT2D eigenvalue weighted by Crippen LogP contribution is -2.07. The number of aromatic hydroxyl groups is 1. The Morgan fingerprint density at radius 3 is 2.55 bits per heavy atom. The highest BCUT2D eigenvalue weighted by atomic mass is 19.3. The minimum Gasteiger partial charge on any atom is -0.503 e. The lowest BCUT2D eigenvalue weighted by atomic mass is 10.1. The van der Waals surface area contributed by atoms with Crippen molar-refractivity contribution in [1.82, 2.24) is 29.5 Å². The van der Waals surface area contributed by atoms with Crippen LogP contribution in [0.1, 0.15) is 23.4 Å². The number of aryl methyl sites for hydroxylation is 2. The Morgan fingerprint density at radius 1 is 1.13 bits per heavy atom. The highest BCUT2D eigenvalue weighted by Gasteiger charge is 2.20. The molecule has 4 aromatic rings. The summed E-state index contributed by atoms with van der Waals surface area (Å²) in [5, 5.41) is 30.9. The zero-order chi connectivity index (χ0) is 22.1. The van der Waals surface area contributed by atoms with Crippen molar-refractivity contribution in [1.29, 1.82) is 5.26 Å². The fourth-order valence-corrected chi connectivity index (χ4v) is 3.06. The molecule has 11 heteroatoms. The molecule has 0 radical (unpaired) electrons. The standard InChI is InChI=1S/C20H16F2N8O/c1-11-7-14(19(21)22)30(27-11)16-8-15(24-10-25-16)26-20-18(31)17(28-29(20)2)13-5-3-12(9-23)4-6-13/h3-8,10,19,31H,1-2H3,(H,24,25,26). The Morgan fingerprint density at radius 2 is 1.87 bits per heavy atom. The van der Waals surface area contributed by atoms with Gasteiger partial charge in [-0.2, -0.15) is 15.5 Å². The fraction of sp³-hybridized carbons (Fsp3) is 0.150.